The molecule has 0 spiro atoms. The van der Waals surface area contributed by atoms with E-state index in [1.807, 2.05) is 13.0 Å². The molecular weight excluding hydrogens is 148 g/mol. The standard InChI is InChI=1S/C11H16O/c1-10(12)6-5-9-11-7-3-2-4-8-11/h2-4,7-8,10,12H,5-6,9H2,1H3/t10-/m1/s1. The number of rotatable bonds is 4. The van der Waals surface area contributed by atoms with Crippen LogP contribution in [-0.2, 0) is 6.42 Å². The first-order valence-electron chi connectivity index (χ1n) is 4.51. The highest BCUT2D eigenvalue weighted by atomic mass is 16.3. The van der Waals surface area contributed by atoms with Crippen LogP contribution in [0.2, 0.25) is 0 Å². The van der Waals surface area contributed by atoms with Gasteiger partial charge in [0, 0.05) is 0 Å². The van der Waals surface area contributed by atoms with E-state index in [0.29, 0.717) is 0 Å². The highest BCUT2D eigenvalue weighted by Gasteiger charge is 1.95. The largest absolute Gasteiger partial charge is 0.393 e. The molecule has 0 heterocycles. The van der Waals surface area contributed by atoms with Crippen LogP contribution in [-0.4, -0.2) is 11.2 Å². The average Bonchev–Trinajstić information content (AvgIpc) is 2.05. The number of aliphatic hydroxyl groups excluding tert-OH is 1. The SMILES string of the molecule is C[C@@H](O)CCCc1ccccc1. The van der Waals surface area contributed by atoms with E-state index in [-0.39, 0.29) is 6.10 Å². The molecule has 0 aromatic heterocycles. The zero-order valence-electron chi connectivity index (χ0n) is 7.53. The van der Waals surface area contributed by atoms with Gasteiger partial charge in [0.25, 0.3) is 0 Å². The first-order valence-corrected chi connectivity index (χ1v) is 4.51. The Morgan fingerprint density at radius 3 is 2.50 bits per heavy atom. The normalized spacial score (nSPS) is 12.8. The molecule has 0 aliphatic carbocycles. The Morgan fingerprint density at radius 2 is 1.92 bits per heavy atom. The van der Waals surface area contributed by atoms with Crippen molar-refractivity contribution < 1.29 is 5.11 Å². The second-order valence-corrected chi connectivity index (χ2v) is 3.23. The molecule has 12 heavy (non-hydrogen) atoms. The molecule has 0 saturated heterocycles. The van der Waals surface area contributed by atoms with Crippen molar-refractivity contribution in [2.45, 2.75) is 32.3 Å². The Labute approximate surface area is 74.1 Å². The van der Waals surface area contributed by atoms with Crippen LogP contribution >= 0.6 is 0 Å². The molecule has 0 bridgehead atoms. The van der Waals surface area contributed by atoms with Crippen LogP contribution in [0.1, 0.15) is 25.3 Å². The van der Waals surface area contributed by atoms with Gasteiger partial charge in [-0.15, -0.1) is 0 Å². The fourth-order valence-corrected chi connectivity index (χ4v) is 1.25. The minimum atomic E-state index is -0.159. The van der Waals surface area contributed by atoms with Gasteiger partial charge < -0.3 is 5.11 Å². The predicted molar refractivity (Wildman–Crippen MR) is 51.1 cm³/mol. The first-order chi connectivity index (χ1) is 5.79. The second kappa shape index (κ2) is 4.94. The number of aliphatic hydroxyl groups is 1. The van der Waals surface area contributed by atoms with Crippen LogP contribution in [0.15, 0.2) is 30.3 Å². The van der Waals surface area contributed by atoms with E-state index in [2.05, 4.69) is 24.3 Å². The molecule has 1 nitrogen and oxygen atoms in total. The van der Waals surface area contributed by atoms with Crippen molar-refractivity contribution in [3.63, 3.8) is 0 Å². The van der Waals surface area contributed by atoms with Gasteiger partial charge in [-0.2, -0.15) is 0 Å². The summed E-state index contributed by atoms with van der Waals surface area (Å²) < 4.78 is 0. The fourth-order valence-electron chi connectivity index (χ4n) is 1.25. The average molecular weight is 164 g/mol. The Balaban J connectivity index is 2.25. The van der Waals surface area contributed by atoms with Crippen LogP contribution in [0.4, 0.5) is 0 Å². The maximum atomic E-state index is 9.03. The molecule has 0 unspecified atom stereocenters. The van der Waals surface area contributed by atoms with E-state index >= 15 is 0 Å². The van der Waals surface area contributed by atoms with Gasteiger partial charge in [-0.3, -0.25) is 0 Å². The molecule has 0 fully saturated rings. The van der Waals surface area contributed by atoms with E-state index in [4.69, 9.17) is 5.11 Å². The van der Waals surface area contributed by atoms with Gasteiger partial charge in [-0.25, -0.2) is 0 Å². The molecule has 0 amide bonds. The Morgan fingerprint density at radius 1 is 1.25 bits per heavy atom. The summed E-state index contributed by atoms with van der Waals surface area (Å²) in [6.07, 6.45) is 2.89. The molecule has 1 atom stereocenters. The lowest BCUT2D eigenvalue weighted by molar-refractivity contribution is 0.182. The predicted octanol–water partition coefficient (Wildman–Crippen LogP) is 2.39. The summed E-state index contributed by atoms with van der Waals surface area (Å²) in [4.78, 5) is 0. The van der Waals surface area contributed by atoms with Crippen molar-refractivity contribution in [2.24, 2.45) is 0 Å². The third-order valence-electron chi connectivity index (χ3n) is 1.93. The second-order valence-electron chi connectivity index (χ2n) is 3.23. The lowest BCUT2D eigenvalue weighted by Gasteiger charge is -2.03. The van der Waals surface area contributed by atoms with Gasteiger partial charge in [-0.1, -0.05) is 30.3 Å². The molecule has 1 heteroatoms. The lowest BCUT2D eigenvalue weighted by Crippen LogP contribution is -1.99. The molecule has 0 saturated carbocycles. The van der Waals surface area contributed by atoms with Gasteiger partial charge in [0.05, 0.1) is 6.10 Å². The van der Waals surface area contributed by atoms with Crippen LogP contribution < -0.4 is 0 Å². The van der Waals surface area contributed by atoms with E-state index in [0.717, 1.165) is 19.3 Å². The van der Waals surface area contributed by atoms with Gasteiger partial charge >= 0.3 is 0 Å². The summed E-state index contributed by atoms with van der Waals surface area (Å²) >= 11 is 0. The smallest absolute Gasteiger partial charge is 0.0512 e. The van der Waals surface area contributed by atoms with Crippen molar-refractivity contribution >= 4 is 0 Å². The van der Waals surface area contributed by atoms with Crippen molar-refractivity contribution in [1.29, 1.82) is 0 Å². The maximum Gasteiger partial charge on any atom is 0.0512 e. The molecular formula is C11H16O. The molecule has 1 rings (SSSR count). The fraction of sp³-hybridized carbons (Fsp3) is 0.455. The van der Waals surface area contributed by atoms with Crippen molar-refractivity contribution in [3.05, 3.63) is 35.9 Å². The molecule has 0 aliphatic heterocycles. The minimum absolute atomic E-state index is 0.159. The van der Waals surface area contributed by atoms with Crippen LogP contribution in [0.25, 0.3) is 0 Å². The summed E-state index contributed by atoms with van der Waals surface area (Å²) in [5.41, 5.74) is 1.36. The monoisotopic (exact) mass is 164 g/mol. The quantitative estimate of drug-likeness (QED) is 0.724. The Hall–Kier alpha value is -0.820. The number of aryl methyl sites for hydroxylation is 1. The highest BCUT2D eigenvalue weighted by Crippen LogP contribution is 2.05. The molecule has 0 aliphatic rings. The van der Waals surface area contributed by atoms with Gasteiger partial charge in [0.2, 0.25) is 0 Å². The van der Waals surface area contributed by atoms with E-state index < -0.39 is 0 Å². The molecule has 0 radical (unpaired) electrons. The summed E-state index contributed by atoms with van der Waals surface area (Å²) in [5, 5.41) is 9.03. The summed E-state index contributed by atoms with van der Waals surface area (Å²) in [6, 6.07) is 10.4. The van der Waals surface area contributed by atoms with E-state index in [9.17, 15) is 0 Å². The summed E-state index contributed by atoms with van der Waals surface area (Å²) in [7, 11) is 0. The van der Waals surface area contributed by atoms with Crippen molar-refractivity contribution in [1.82, 2.24) is 0 Å². The zero-order chi connectivity index (χ0) is 8.81. The Kier molecular flexibility index (Phi) is 3.81. The zero-order valence-corrected chi connectivity index (χ0v) is 7.53. The highest BCUT2D eigenvalue weighted by molar-refractivity contribution is 5.14. The third-order valence-corrected chi connectivity index (χ3v) is 1.93. The summed E-state index contributed by atoms with van der Waals surface area (Å²) in [6.45, 7) is 1.84. The Bertz CT molecular complexity index is 204. The molecule has 1 aromatic rings. The van der Waals surface area contributed by atoms with E-state index in [1.165, 1.54) is 5.56 Å². The van der Waals surface area contributed by atoms with Crippen LogP contribution in [0.3, 0.4) is 0 Å². The summed E-state index contributed by atoms with van der Waals surface area (Å²) in [5.74, 6) is 0. The van der Waals surface area contributed by atoms with Crippen molar-refractivity contribution in [2.75, 3.05) is 0 Å². The van der Waals surface area contributed by atoms with Gasteiger partial charge in [0.1, 0.15) is 0 Å². The van der Waals surface area contributed by atoms with Gasteiger partial charge in [0.15, 0.2) is 0 Å². The topological polar surface area (TPSA) is 20.2 Å². The number of benzene rings is 1. The third kappa shape index (κ3) is 3.54. The van der Waals surface area contributed by atoms with Crippen LogP contribution in [0, 0.1) is 0 Å². The molecule has 66 valence electrons. The van der Waals surface area contributed by atoms with E-state index in [1.54, 1.807) is 0 Å². The number of hydrogen-bond acceptors (Lipinski definition) is 1. The molecule has 1 N–H and O–H groups in total. The molecule has 1 aromatic carbocycles. The lowest BCUT2D eigenvalue weighted by atomic mass is 10.1. The number of hydrogen-bond donors (Lipinski definition) is 1. The maximum absolute atomic E-state index is 9.03. The first kappa shape index (κ1) is 9.27. The minimum Gasteiger partial charge on any atom is -0.393 e. The van der Waals surface area contributed by atoms with Crippen molar-refractivity contribution in [3.8, 4) is 0 Å². The van der Waals surface area contributed by atoms with Crippen LogP contribution in [0.5, 0.6) is 0 Å². The van der Waals surface area contributed by atoms with Gasteiger partial charge in [-0.05, 0) is 31.7 Å².